The van der Waals surface area contributed by atoms with Gasteiger partial charge >= 0.3 is 6.03 Å². The molecule has 0 radical (unpaired) electrons. The van der Waals surface area contributed by atoms with E-state index in [0.29, 0.717) is 12.6 Å². The SMILES string of the molecule is CNC(=O)NCC1CC=CN1. The van der Waals surface area contributed by atoms with Gasteiger partial charge in [-0.15, -0.1) is 0 Å². The van der Waals surface area contributed by atoms with Crippen LogP contribution in [0.4, 0.5) is 4.79 Å². The number of carbonyl (C=O) groups excluding carboxylic acids is 1. The van der Waals surface area contributed by atoms with Crippen LogP contribution in [0.2, 0.25) is 0 Å². The van der Waals surface area contributed by atoms with Crippen molar-refractivity contribution in [1.29, 1.82) is 0 Å². The molecule has 1 heterocycles. The van der Waals surface area contributed by atoms with Gasteiger partial charge in [-0.1, -0.05) is 6.08 Å². The minimum atomic E-state index is -0.126. The lowest BCUT2D eigenvalue weighted by molar-refractivity contribution is 0.242. The third-order valence-corrected chi connectivity index (χ3v) is 1.61. The average molecular weight is 155 g/mol. The van der Waals surface area contributed by atoms with Gasteiger partial charge in [0.25, 0.3) is 0 Å². The number of hydrogen-bond acceptors (Lipinski definition) is 2. The van der Waals surface area contributed by atoms with E-state index in [0.717, 1.165) is 6.42 Å². The van der Waals surface area contributed by atoms with Crippen LogP contribution in [0, 0.1) is 0 Å². The number of rotatable bonds is 2. The van der Waals surface area contributed by atoms with E-state index in [-0.39, 0.29) is 6.03 Å². The van der Waals surface area contributed by atoms with Crippen LogP contribution in [-0.4, -0.2) is 25.7 Å². The highest BCUT2D eigenvalue weighted by atomic mass is 16.2. The maximum atomic E-state index is 10.7. The molecule has 0 saturated carbocycles. The summed E-state index contributed by atoms with van der Waals surface area (Å²) < 4.78 is 0. The maximum Gasteiger partial charge on any atom is 0.314 e. The van der Waals surface area contributed by atoms with E-state index in [2.05, 4.69) is 22.0 Å². The standard InChI is InChI=1S/C7H13N3O/c1-8-7(11)10-5-6-3-2-4-9-6/h2,4,6,9H,3,5H2,1H3,(H2,8,10,11). The Labute approximate surface area is 66.0 Å². The van der Waals surface area contributed by atoms with Crippen molar-refractivity contribution < 1.29 is 4.79 Å². The Bertz CT molecular complexity index is 159. The normalized spacial score (nSPS) is 21.0. The molecule has 1 rings (SSSR count). The molecule has 0 aliphatic carbocycles. The molecule has 1 aliphatic heterocycles. The lowest BCUT2D eigenvalue weighted by Crippen LogP contribution is -2.40. The van der Waals surface area contributed by atoms with E-state index in [1.807, 2.05) is 6.20 Å². The number of hydrogen-bond donors (Lipinski definition) is 3. The summed E-state index contributed by atoms with van der Waals surface area (Å²) in [6.07, 6.45) is 4.95. The molecule has 0 aromatic heterocycles. The predicted molar refractivity (Wildman–Crippen MR) is 43.1 cm³/mol. The fourth-order valence-electron chi connectivity index (χ4n) is 0.951. The molecule has 0 bridgehead atoms. The van der Waals surface area contributed by atoms with Crippen molar-refractivity contribution in [3.05, 3.63) is 12.3 Å². The summed E-state index contributed by atoms with van der Waals surface area (Å²) in [5.74, 6) is 0. The second kappa shape index (κ2) is 3.85. The summed E-state index contributed by atoms with van der Waals surface area (Å²) in [7, 11) is 1.61. The molecule has 1 atom stereocenters. The molecule has 62 valence electrons. The number of urea groups is 1. The summed E-state index contributed by atoms with van der Waals surface area (Å²) >= 11 is 0. The third-order valence-electron chi connectivity index (χ3n) is 1.61. The molecular formula is C7H13N3O. The smallest absolute Gasteiger partial charge is 0.314 e. The Morgan fingerprint density at radius 2 is 2.64 bits per heavy atom. The topological polar surface area (TPSA) is 53.2 Å². The Kier molecular flexibility index (Phi) is 2.77. The second-order valence-electron chi connectivity index (χ2n) is 2.46. The van der Waals surface area contributed by atoms with Gasteiger partial charge in [0, 0.05) is 19.6 Å². The van der Waals surface area contributed by atoms with Gasteiger partial charge in [-0.3, -0.25) is 0 Å². The van der Waals surface area contributed by atoms with Crippen LogP contribution in [0.5, 0.6) is 0 Å². The Hall–Kier alpha value is -1.19. The molecule has 0 spiro atoms. The van der Waals surface area contributed by atoms with Crippen LogP contribution in [-0.2, 0) is 0 Å². The van der Waals surface area contributed by atoms with Gasteiger partial charge in [-0.05, 0) is 12.6 Å². The number of amides is 2. The van der Waals surface area contributed by atoms with E-state index in [1.165, 1.54) is 0 Å². The molecule has 0 aromatic rings. The highest BCUT2D eigenvalue weighted by Crippen LogP contribution is 1.98. The molecule has 3 N–H and O–H groups in total. The van der Waals surface area contributed by atoms with Gasteiger partial charge in [0.15, 0.2) is 0 Å². The van der Waals surface area contributed by atoms with Crippen molar-refractivity contribution in [2.45, 2.75) is 12.5 Å². The van der Waals surface area contributed by atoms with Crippen LogP contribution in [0.1, 0.15) is 6.42 Å². The first kappa shape index (κ1) is 7.91. The highest BCUT2D eigenvalue weighted by molar-refractivity contribution is 5.73. The zero-order chi connectivity index (χ0) is 8.10. The van der Waals surface area contributed by atoms with Crippen molar-refractivity contribution in [3.63, 3.8) is 0 Å². The summed E-state index contributed by atoms with van der Waals surface area (Å²) in [6, 6.07) is 0.242. The molecule has 0 aromatic carbocycles. The average Bonchev–Trinajstić information content (AvgIpc) is 2.52. The fraction of sp³-hybridized carbons (Fsp3) is 0.571. The third kappa shape index (κ3) is 2.49. The zero-order valence-corrected chi connectivity index (χ0v) is 6.55. The van der Waals surface area contributed by atoms with E-state index in [1.54, 1.807) is 7.05 Å². The quantitative estimate of drug-likeness (QED) is 0.517. The van der Waals surface area contributed by atoms with Gasteiger partial charge in [-0.25, -0.2) is 4.79 Å². The van der Waals surface area contributed by atoms with Crippen LogP contribution >= 0.6 is 0 Å². The number of carbonyl (C=O) groups is 1. The first-order chi connectivity index (χ1) is 5.33. The summed E-state index contributed by atoms with van der Waals surface area (Å²) in [6.45, 7) is 0.673. The van der Waals surface area contributed by atoms with Crippen molar-refractivity contribution >= 4 is 6.03 Å². The van der Waals surface area contributed by atoms with Crippen molar-refractivity contribution in [1.82, 2.24) is 16.0 Å². The van der Waals surface area contributed by atoms with Crippen LogP contribution in [0.15, 0.2) is 12.3 Å². The molecule has 4 heteroatoms. The molecule has 0 saturated heterocycles. The van der Waals surface area contributed by atoms with Gasteiger partial charge in [0.2, 0.25) is 0 Å². The molecule has 1 unspecified atom stereocenters. The second-order valence-corrected chi connectivity index (χ2v) is 2.46. The van der Waals surface area contributed by atoms with Gasteiger partial charge in [0.1, 0.15) is 0 Å². The summed E-state index contributed by atoms with van der Waals surface area (Å²) in [4.78, 5) is 10.7. The minimum Gasteiger partial charge on any atom is -0.386 e. The van der Waals surface area contributed by atoms with E-state index in [9.17, 15) is 4.79 Å². The molecule has 1 aliphatic rings. The molecule has 4 nitrogen and oxygen atoms in total. The van der Waals surface area contributed by atoms with E-state index < -0.39 is 0 Å². The van der Waals surface area contributed by atoms with E-state index >= 15 is 0 Å². The van der Waals surface area contributed by atoms with Gasteiger partial charge in [0.05, 0.1) is 0 Å². The molecule has 2 amide bonds. The maximum absolute atomic E-state index is 10.7. The van der Waals surface area contributed by atoms with Gasteiger partial charge in [-0.2, -0.15) is 0 Å². The van der Waals surface area contributed by atoms with Crippen molar-refractivity contribution in [2.75, 3.05) is 13.6 Å². The molecule has 11 heavy (non-hydrogen) atoms. The first-order valence-corrected chi connectivity index (χ1v) is 3.69. The fourth-order valence-corrected chi connectivity index (χ4v) is 0.951. The predicted octanol–water partition coefficient (Wildman–Crippen LogP) is -0.209. The number of nitrogens with one attached hydrogen (secondary N) is 3. The monoisotopic (exact) mass is 155 g/mol. The Balaban J connectivity index is 2.07. The highest BCUT2D eigenvalue weighted by Gasteiger charge is 2.08. The van der Waals surface area contributed by atoms with Crippen molar-refractivity contribution in [2.24, 2.45) is 0 Å². The van der Waals surface area contributed by atoms with Crippen LogP contribution in [0.25, 0.3) is 0 Å². The van der Waals surface area contributed by atoms with Crippen LogP contribution < -0.4 is 16.0 Å². The first-order valence-electron chi connectivity index (χ1n) is 3.69. The molecular weight excluding hydrogens is 142 g/mol. The molecule has 0 fully saturated rings. The van der Waals surface area contributed by atoms with Gasteiger partial charge < -0.3 is 16.0 Å². The largest absolute Gasteiger partial charge is 0.386 e. The zero-order valence-electron chi connectivity index (χ0n) is 6.55. The summed E-state index contributed by atoms with van der Waals surface area (Å²) in [5.41, 5.74) is 0. The van der Waals surface area contributed by atoms with E-state index in [4.69, 9.17) is 0 Å². The Morgan fingerprint density at radius 1 is 1.82 bits per heavy atom. The van der Waals surface area contributed by atoms with Crippen molar-refractivity contribution in [3.8, 4) is 0 Å². The lowest BCUT2D eigenvalue weighted by Gasteiger charge is -2.11. The summed E-state index contributed by atoms with van der Waals surface area (Å²) in [5, 5.41) is 8.33. The lowest BCUT2D eigenvalue weighted by atomic mass is 10.2. The Morgan fingerprint density at radius 3 is 3.18 bits per heavy atom. The minimum absolute atomic E-state index is 0.126. The van der Waals surface area contributed by atoms with Crippen LogP contribution in [0.3, 0.4) is 0 Å².